The lowest BCUT2D eigenvalue weighted by Gasteiger charge is -2.17. The zero-order chi connectivity index (χ0) is 22.3. The van der Waals surface area contributed by atoms with E-state index < -0.39 is 18.1 Å². The van der Waals surface area contributed by atoms with Crippen molar-refractivity contribution in [1.82, 2.24) is 19.4 Å². The number of aliphatic carboxylic acids is 1. The molecule has 3 N–H and O–H groups in total. The van der Waals surface area contributed by atoms with Gasteiger partial charge in [0, 0.05) is 37.5 Å². The molecule has 32 heavy (non-hydrogen) atoms. The molecule has 3 aromatic rings. The fourth-order valence-corrected chi connectivity index (χ4v) is 3.93. The Bertz CT molecular complexity index is 1170. The van der Waals surface area contributed by atoms with Crippen LogP contribution < -0.4 is 10.9 Å². The Morgan fingerprint density at radius 1 is 1.31 bits per heavy atom. The Hall–Kier alpha value is -2.68. The van der Waals surface area contributed by atoms with E-state index in [0.717, 1.165) is 34.5 Å². The van der Waals surface area contributed by atoms with E-state index in [1.165, 1.54) is 19.8 Å². The summed E-state index contributed by atoms with van der Waals surface area (Å²) < 4.78 is 3.79. The largest absolute Gasteiger partial charge is 0.480 e. The normalized spacial score (nSPS) is 15.4. The highest BCUT2D eigenvalue weighted by Crippen LogP contribution is 2.34. The number of aryl methyl sites for hydroxylation is 2. The molecule has 4 rings (SSSR count). The predicted molar refractivity (Wildman–Crippen MR) is 125 cm³/mol. The summed E-state index contributed by atoms with van der Waals surface area (Å²) in [5.41, 5.74) is 4.31. The minimum atomic E-state index is -1.08. The minimum Gasteiger partial charge on any atom is -0.480 e. The van der Waals surface area contributed by atoms with Crippen LogP contribution in [0.5, 0.6) is 0 Å². The van der Waals surface area contributed by atoms with E-state index in [9.17, 15) is 19.8 Å². The molecule has 0 bridgehead atoms. The number of carboxylic acids is 1. The number of pyridine rings is 1. The van der Waals surface area contributed by atoms with E-state index in [0.29, 0.717) is 18.0 Å². The molecule has 172 valence electrons. The summed E-state index contributed by atoms with van der Waals surface area (Å²) in [6.45, 7) is 4.45. The lowest BCUT2D eigenvalue weighted by Crippen LogP contribution is -2.44. The Labute approximate surface area is 192 Å². The number of carbonyl (C=O) groups is 1. The maximum absolute atomic E-state index is 12.1. The number of carboxylic acid groups (broad SMARTS) is 1. The molecule has 1 aromatic carbocycles. The summed E-state index contributed by atoms with van der Waals surface area (Å²) >= 11 is 0. The van der Waals surface area contributed by atoms with Crippen molar-refractivity contribution in [3.63, 3.8) is 0 Å². The average Bonchev–Trinajstić information content (AvgIpc) is 3.46. The van der Waals surface area contributed by atoms with Gasteiger partial charge in [0.05, 0.1) is 17.1 Å². The Kier molecular flexibility index (Phi) is 7.07. The number of aromatic nitrogens is 3. The zero-order valence-corrected chi connectivity index (χ0v) is 19.2. The molecule has 1 fully saturated rings. The number of nitrogens with zero attached hydrogens (tertiary/aromatic N) is 3. The molecular weight excluding hydrogens is 432 g/mol. The summed E-state index contributed by atoms with van der Waals surface area (Å²) in [7, 11) is 1.75. The third kappa shape index (κ3) is 4.87. The maximum atomic E-state index is 12.1. The first-order chi connectivity index (χ1) is 14.7. The van der Waals surface area contributed by atoms with Crippen molar-refractivity contribution in [3.8, 4) is 11.4 Å². The number of hydrogen-bond donors (Lipinski definition) is 3. The monoisotopic (exact) mass is 460 g/mol. The van der Waals surface area contributed by atoms with Gasteiger partial charge in [-0.25, -0.2) is 4.98 Å². The predicted octanol–water partition coefficient (Wildman–Crippen LogP) is 2.47. The van der Waals surface area contributed by atoms with Crippen LogP contribution in [0.1, 0.15) is 30.9 Å². The molecule has 8 nitrogen and oxygen atoms in total. The van der Waals surface area contributed by atoms with E-state index in [2.05, 4.69) is 9.88 Å². The number of benzene rings is 1. The first-order valence-corrected chi connectivity index (χ1v) is 10.6. The van der Waals surface area contributed by atoms with Gasteiger partial charge >= 0.3 is 5.97 Å². The molecule has 0 aliphatic heterocycles. The number of halogens is 1. The summed E-state index contributed by atoms with van der Waals surface area (Å²) in [6, 6.07) is 6.73. The van der Waals surface area contributed by atoms with E-state index in [1.807, 2.05) is 37.4 Å². The number of rotatable bonds is 8. The second-order valence-electron chi connectivity index (χ2n) is 8.58. The summed E-state index contributed by atoms with van der Waals surface area (Å²) in [5.74, 6) is 0.374. The smallest absolute Gasteiger partial charge is 0.323 e. The van der Waals surface area contributed by atoms with Crippen LogP contribution in [-0.4, -0.2) is 42.4 Å². The van der Waals surface area contributed by atoms with Gasteiger partial charge in [0.25, 0.3) is 5.56 Å². The van der Waals surface area contributed by atoms with Crippen LogP contribution in [0.2, 0.25) is 0 Å². The number of imidazole rings is 1. The molecule has 0 spiro atoms. The maximum Gasteiger partial charge on any atom is 0.323 e. The van der Waals surface area contributed by atoms with Gasteiger partial charge < -0.3 is 19.3 Å². The highest BCUT2D eigenvalue weighted by Gasteiger charge is 2.26. The molecule has 2 atom stereocenters. The SMILES string of the molecule is Cc1cc(-c2nc3ccc(CNC(C(=O)O)C(C)O)cc3n2CC2CC2)cn(C)c1=O.Cl. The van der Waals surface area contributed by atoms with E-state index in [4.69, 9.17) is 4.98 Å². The topological polar surface area (TPSA) is 109 Å². The van der Waals surface area contributed by atoms with Crippen molar-refractivity contribution >= 4 is 29.4 Å². The van der Waals surface area contributed by atoms with Crippen LogP contribution in [0.3, 0.4) is 0 Å². The fraction of sp³-hybridized carbons (Fsp3) is 0.435. The molecule has 2 heterocycles. The zero-order valence-electron chi connectivity index (χ0n) is 18.4. The van der Waals surface area contributed by atoms with Gasteiger partial charge in [-0.2, -0.15) is 0 Å². The molecule has 9 heteroatoms. The van der Waals surface area contributed by atoms with Gasteiger partial charge in [-0.1, -0.05) is 6.07 Å². The van der Waals surface area contributed by atoms with Gasteiger partial charge in [-0.05, 0) is 56.4 Å². The Morgan fingerprint density at radius 3 is 2.62 bits per heavy atom. The van der Waals surface area contributed by atoms with Gasteiger partial charge in [-0.3, -0.25) is 14.9 Å². The van der Waals surface area contributed by atoms with Crippen LogP contribution in [0.25, 0.3) is 22.4 Å². The fourth-order valence-electron chi connectivity index (χ4n) is 3.93. The van der Waals surface area contributed by atoms with Gasteiger partial charge in [0.15, 0.2) is 0 Å². The molecule has 0 amide bonds. The van der Waals surface area contributed by atoms with Crippen molar-refractivity contribution < 1.29 is 15.0 Å². The highest BCUT2D eigenvalue weighted by molar-refractivity contribution is 5.85. The number of nitrogens with one attached hydrogen (secondary N) is 1. The van der Waals surface area contributed by atoms with Crippen molar-refractivity contribution in [2.45, 2.75) is 51.9 Å². The number of hydrogen-bond acceptors (Lipinski definition) is 5. The second-order valence-corrected chi connectivity index (χ2v) is 8.58. The molecule has 1 aliphatic rings. The Balaban J connectivity index is 0.00000289. The van der Waals surface area contributed by atoms with Crippen LogP contribution in [0, 0.1) is 12.8 Å². The van der Waals surface area contributed by atoms with Crippen molar-refractivity contribution in [2.24, 2.45) is 13.0 Å². The molecule has 1 saturated carbocycles. The molecule has 2 aromatic heterocycles. The van der Waals surface area contributed by atoms with E-state index >= 15 is 0 Å². The summed E-state index contributed by atoms with van der Waals surface area (Å²) in [5, 5.41) is 21.9. The Morgan fingerprint density at radius 2 is 2.03 bits per heavy atom. The number of aliphatic hydroxyl groups excluding tert-OH is 1. The first-order valence-electron chi connectivity index (χ1n) is 10.6. The second kappa shape index (κ2) is 9.44. The minimum absolute atomic E-state index is 0. The summed E-state index contributed by atoms with van der Waals surface area (Å²) in [4.78, 5) is 28.3. The third-order valence-electron chi connectivity index (χ3n) is 5.85. The number of fused-ring (bicyclic) bond motifs is 1. The van der Waals surface area contributed by atoms with E-state index in [-0.39, 0.29) is 18.0 Å². The molecular formula is C23H29ClN4O4. The highest BCUT2D eigenvalue weighted by atomic mass is 35.5. The lowest BCUT2D eigenvalue weighted by atomic mass is 10.1. The first kappa shape index (κ1) is 24.0. The van der Waals surface area contributed by atoms with Crippen molar-refractivity contribution in [2.75, 3.05) is 0 Å². The standard InChI is InChI=1S/C23H28N4O4.ClH/c1-13-8-17(12-26(3)22(13)29)21-25-18-7-6-16(10-24-20(14(2)28)23(30)31)9-19(18)27(21)11-15-4-5-15;/h6-9,12,14-15,20,24,28H,4-5,10-11H2,1-3H3,(H,30,31);1H. The van der Waals surface area contributed by atoms with Crippen LogP contribution in [-0.2, 0) is 24.9 Å². The molecule has 0 radical (unpaired) electrons. The lowest BCUT2D eigenvalue weighted by molar-refractivity contribution is -0.142. The van der Waals surface area contributed by atoms with Crippen molar-refractivity contribution in [1.29, 1.82) is 0 Å². The van der Waals surface area contributed by atoms with E-state index in [1.54, 1.807) is 11.6 Å². The van der Waals surface area contributed by atoms with Crippen molar-refractivity contribution in [3.05, 3.63) is 51.9 Å². The van der Waals surface area contributed by atoms with Gasteiger partial charge in [0.1, 0.15) is 11.9 Å². The quantitative estimate of drug-likeness (QED) is 0.476. The number of aliphatic hydroxyl groups is 1. The average molecular weight is 461 g/mol. The van der Waals surface area contributed by atoms with Gasteiger partial charge in [0.2, 0.25) is 0 Å². The molecule has 0 saturated heterocycles. The van der Waals surface area contributed by atoms with Crippen LogP contribution in [0.15, 0.2) is 35.3 Å². The summed E-state index contributed by atoms with van der Waals surface area (Å²) in [6.07, 6.45) is 3.21. The third-order valence-corrected chi connectivity index (χ3v) is 5.85. The molecule has 2 unspecified atom stereocenters. The molecule has 1 aliphatic carbocycles. The van der Waals surface area contributed by atoms with Crippen LogP contribution in [0.4, 0.5) is 0 Å². The van der Waals surface area contributed by atoms with Gasteiger partial charge in [-0.15, -0.1) is 12.4 Å². The van der Waals surface area contributed by atoms with Crippen LogP contribution >= 0.6 is 12.4 Å².